The first-order valence-corrected chi connectivity index (χ1v) is 7.71. The lowest BCUT2D eigenvalue weighted by Crippen LogP contribution is -2.52. The normalized spacial score (nSPS) is 19.2. The van der Waals surface area contributed by atoms with E-state index in [-0.39, 0.29) is 11.3 Å². The molecule has 4 heteroatoms. The van der Waals surface area contributed by atoms with E-state index < -0.39 is 5.41 Å². The van der Waals surface area contributed by atoms with Crippen molar-refractivity contribution in [3.05, 3.63) is 0 Å². The van der Waals surface area contributed by atoms with E-state index in [0.717, 1.165) is 25.7 Å². The molecule has 0 aromatic rings. The lowest BCUT2D eigenvalue weighted by atomic mass is 9.72. The molecule has 0 aliphatic heterocycles. The maximum absolute atomic E-state index is 12.6. The van der Waals surface area contributed by atoms with Gasteiger partial charge in [0.2, 0.25) is 5.91 Å². The molecule has 0 saturated heterocycles. The van der Waals surface area contributed by atoms with Crippen LogP contribution in [0.2, 0.25) is 0 Å². The first-order valence-electron chi connectivity index (χ1n) is 7.30. The number of hydrogen-bond acceptors (Lipinski definition) is 2. The van der Waals surface area contributed by atoms with Crippen molar-refractivity contribution in [1.29, 1.82) is 0 Å². The van der Waals surface area contributed by atoms with Crippen LogP contribution >= 0.6 is 12.2 Å². The van der Waals surface area contributed by atoms with Crippen molar-refractivity contribution in [3.63, 3.8) is 0 Å². The molecule has 110 valence electrons. The highest BCUT2D eigenvalue weighted by molar-refractivity contribution is 7.80. The zero-order valence-corrected chi connectivity index (χ0v) is 13.5. The lowest BCUT2D eigenvalue weighted by molar-refractivity contribution is -0.129. The molecule has 1 aliphatic rings. The van der Waals surface area contributed by atoms with Crippen LogP contribution in [0, 0.1) is 16.7 Å². The van der Waals surface area contributed by atoms with E-state index in [1.807, 2.05) is 0 Å². The second kappa shape index (κ2) is 6.21. The van der Waals surface area contributed by atoms with Crippen molar-refractivity contribution in [2.24, 2.45) is 22.5 Å². The number of hydrogen-bond donors (Lipinski definition) is 2. The van der Waals surface area contributed by atoms with Gasteiger partial charge in [0.05, 0.1) is 10.4 Å². The van der Waals surface area contributed by atoms with Crippen molar-refractivity contribution in [1.82, 2.24) is 5.32 Å². The summed E-state index contributed by atoms with van der Waals surface area (Å²) in [6, 6.07) is 0. The molecule has 19 heavy (non-hydrogen) atoms. The molecular formula is C15H28N2OS. The van der Waals surface area contributed by atoms with E-state index in [1.165, 1.54) is 6.42 Å². The van der Waals surface area contributed by atoms with Gasteiger partial charge in [-0.2, -0.15) is 0 Å². The van der Waals surface area contributed by atoms with Crippen LogP contribution in [0.25, 0.3) is 0 Å². The van der Waals surface area contributed by atoms with Crippen LogP contribution in [-0.2, 0) is 4.79 Å². The minimum absolute atomic E-state index is 0.0356. The maximum Gasteiger partial charge on any atom is 0.233 e. The van der Waals surface area contributed by atoms with E-state index in [0.29, 0.717) is 17.5 Å². The van der Waals surface area contributed by atoms with Crippen LogP contribution in [0.1, 0.15) is 59.8 Å². The summed E-state index contributed by atoms with van der Waals surface area (Å²) in [5.74, 6) is 0.549. The third-order valence-electron chi connectivity index (χ3n) is 4.88. The molecule has 0 atom stereocenters. The molecule has 1 aliphatic carbocycles. The molecule has 0 aromatic heterocycles. The number of thiocarbonyl (C=S) groups is 1. The number of amides is 1. The first-order chi connectivity index (χ1) is 8.72. The molecule has 3 N–H and O–H groups in total. The molecule has 0 aromatic carbocycles. The highest BCUT2D eigenvalue weighted by Crippen LogP contribution is 2.37. The molecule has 0 bridgehead atoms. The van der Waals surface area contributed by atoms with E-state index in [4.69, 9.17) is 18.0 Å². The monoisotopic (exact) mass is 284 g/mol. The van der Waals surface area contributed by atoms with Crippen LogP contribution in [0.3, 0.4) is 0 Å². The van der Waals surface area contributed by atoms with Gasteiger partial charge in [0.25, 0.3) is 0 Å². The molecule has 1 rings (SSSR count). The first kappa shape index (κ1) is 16.4. The Kier molecular flexibility index (Phi) is 5.36. The Balaban J connectivity index is 2.72. The predicted molar refractivity (Wildman–Crippen MR) is 83.9 cm³/mol. The van der Waals surface area contributed by atoms with Gasteiger partial charge in [-0.3, -0.25) is 4.79 Å². The highest BCUT2D eigenvalue weighted by Gasteiger charge is 2.42. The average Bonchev–Trinajstić information content (AvgIpc) is 2.36. The molecule has 0 unspecified atom stereocenters. The number of nitrogens with two attached hydrogens (primary N) is 1. The van der Waals surface area contributed by atoms with E-state index in [1.54, 1.807) is 0 Å². The topological polar surface area (TPSA) is 55.1 Å². The van der Waals surface area contributed by atoms with E-state index in [9.17, 15) is 4.79 Å². The summed E-state index contributed by atoms with van der Waals surface area (Å²) in [7, 11) is 0. The average molecular weight is 284 g/mol. The van der Waals surface area contributed by atoms with Crippen molar-refractivity contribution in [3.8, 4) is 0 Å². The molecule has 0 heterocycles. The summed E-state index contributed by atoms with van der Waals surface area (Å²) in [5.41, 5.74) is 5.36. The smallest absolute Gasteiger partial charge is 0.233 e. The number of carbonyl (C=O) groups is 1. The lowest BCUT2D eigenvalue weighted by Gasteiger charge is -2.37. The van der Waals surface area contributed by atoms with Crippen LogP contribution in [-0.4, -0.2) is 17.4 Å². The van der Waals surface area contributed by atoms with Gasteiger partial charge in [-0.05, 0) is 24.2 Å². The fourth-order valence-electron chi connectivity index (χ4n) is 2.42. The summed E-state index contributed by atoms with van der Waals surface area (Å²) in [6.45, 7) is 9.37. The second-order valence-corrected chi connectivity index (χ2v) is 7.27. The standard InChI is InChI=1S/C15H28N2OS/c1-11(2)14(3,4)10-17-13(18)15(12(16)19)8-6-5-7-9-15/h11H,5-10H2,1-4H3,(H2,16,19)(H,17,18). The number of nitrogens with one attached hydrogen (secondary N) is 1. The van der Waals surface area contributed by atoms with Crippen LogP contribution in [0.5, 0.6) is 0 Å². The SMILES string of the molecule is CC(C)C(C)(C)CNC(=O)C1(C(N)=S)CCCCC1. The van der Waals surface area contributed by atoms with Gasteiger partial charge >= 0.3 is 0 Å². The second-order valence-electron chi connectivity index (χ2n) is 6.83. The van der Waals surface area contributed by atoms with Crippen molar-refractivity contribution >= 4 is 23.1 Å². The Labute approximate surface area is 122 Å². The van der Waals surface area contributed by atoms with Gasteiger partial charge < -0.3 is 11.1 Å². The number of rotatable bonds is 5. The summed E-state index contributed by atoms with van der Waals surface area (Å²) >= 11 is 5.18. The molecule has 1 amide bonds. The summed E-state index contributed by atoms with van der Waals surface area (Å²) < 4.78 is 0. The van der Waals surface area contributed by atoms with Gasteiger partial charge in [-0.15, -0.1) is 0 Å². The quantitative estimate of drug-likeness (QED) is 0.763. The molecule has 3 nitrogen and oxygen atoms in total. The minimum atomic E-state index is -0.597. The van der Waals surface area contributed by atoms with Crippen LogP contribution < -0.4 is 11.1 Å². The van der Waals surface area contributed by atoms with Gasteiger partial charge in [0.1, 0.15) is 0 Å². The Bertz CT molecular complexity index is 344. The Hall–Kier alpha value is -0.640. The fourth-order valence-corrected chi connectivity index (χ4v) is 2.72. The van der Waals surface area contributed by atoms with Crippen molar-refractivity contribution < 1.29 is 4.79 Å². The summed E-state index contributed by atoms with van der Waals surface area (Å²) in [6.07, 6.45) is 4.86. The Morgan fingerprint density at radius 2 is 1.84 bits per heavy atom. The highest BCUT2D eigenvalue weighted by atomic mass is 32.1. The van der Waals surface area contributed by atoms with Gasteiger partial charge in [-0.25, -0.2) is 0 Å². The molecule has 0 radical (unpaired) electrons. The molecule has 1 fully saturated rings. The van der Waals surface area contributed by atoms with Gasteiger partial charge in [-0.1, -0.05) is 59.2 Å². The minimum Gasteiger partial charge on any atom is -0.392 e. The van der Waals surface area contributed by atoms with Crippen LogP contribution in [0.4, 0.5) is 0 Å². The zero-order chi connectivity index (χ0) is 14.7. The van der Waals surface area contributed by atoms with Gasteiger partial charge in [0, 0.05) is 6.54 Å². The largest absolute Gasteiger partial charge is 0.392 e. The molecule has 0 spiro atoms. The van der Waals surface area contributed by atoms with E-state index in [2.05, 4.69) is 33.0 Å². The van der Waals surface area contributed by atoms with Gasteiger partial charge in [0.15, 0.2) is 0 Å². The van der Waals surface area contributed by atoms with E-state index >= 15 is 0 Å². The summed E-state index contributed by atoms with van der Waals surface area (Å²) in [4.78, 5) is 12.9. The molecule has 1 saturated carbocycles. The third kappa shape index (κ3) is 3.68. The van der Waals surface area contributed by atoms with Crippen molar-refractivity contribution in [2.45, 2.75) is 59.8 Å². The summed E-state index contributed by atoms with van der Waals surface area (Å²) in [5, 5.41) is 3.09. The third-order valence-corrected chi connectivity index (χ3v) is 5.27. The maximum atomic E-state index is 12.6. The van der Waals surface area contributed by atoms with Crippen LogP contribution in [0.15, 0.2) is 0 Å². The molecular weight excluding hydrogens is 256 g/mol. The number of carbonyl (C=O) groups excluding carboxylic acids is 1. The predicted octanol–water partition coefficient (Wildman–Crippen LogP) is 3.02. The Morgan fingerprint density at radius 3 is 2.26 bits per heavy atom. The Morgan fingerprint density at radius 1 is 1.32 bits per heavy atom. The fraction of sp³-hybridized carbons (Fsp3) is 0.867. The zero-order valence-electron chi connectivity index (χ0n) is 12.7. The van der Waals surface area contributed by atoms with Crippen molar-refractivity contribution in [2.75, 3.05) is 6.54 Å².